The van der Waals surface area contributed by atoms with Gasteiger partial charge in [0, 0.05) is 10.8 Å². The maximum Gasteiger partial charge on any atom is 0.138 e. The first-order chi connectivity index (χ1) is 7.95. The summed E-state index contributed by atoms with van der Waals surface area (Å²) in [5, 5.41) is 11.5. The van der Waals surface area contributed by atoms with Crippen molar-refractivity contribution in [2.24, 2.45) is 0 Å². The molecule has 0 aliphatic rings. The predicted molar refractivity (Wildman–Crippen MR) is 71.7 cm³/mol. The third kappa shape index (κ3) is 2.09. The van der Waals surface area contributed by atoms with Gasteiger partial charge in [-0.1, -0.05) is 44.5 Å². The van der Waals surface area contributed by atoms with Gasteiger partial charge >= 0.3 is 0 Å². The van der Waals surface area contributed by atoms with E-state index in [4.69, 9.17) is 11.6 Å². The molecule has 0 saturated carbocycles. The van der Waals surface area contributed by atoms with Gasteiger partial charge in [0.2, 0.25) is 0 Å². The van der Waals surface area contributed by atoms with Crippen LogP contribution in [0.25, 0.3) is 10.9 Å². The first-order valence-corrected chi connectivity index (χ1v) is 6.12. The third-order valence-corrected chi connectivity index (χ3v) is 3.61. The molecule has 2 rings (SSSR count). The van der Waals surface area contributed by atoms with Gasteiger partial charge in [0.25, 0.3) is 0 Å². The second kappa shape index (κ2) is 4.19. The Hall–Kier alpha value is -1.28. The minimum absolute atomic E-state index is 0.155. The van der Waals surface area contributed by atoms with Crippen LogP contribution in [0.5, 0.6) is 5.75 Å². The summed E-state index contributed by atoms with van der Waals surface area (Å²) >= 11 is 6.13. The summed E-state index contributed by atoms with van der Waals surface area (Å²) in [6.07, 6.45) is 0.906. The average Bonchev–Trinajstić information content (AvgIpc) is 2.28. The van der Waals surface area contributed by atoms with Gasteiger partial charge in [-0.15, -0.1) is 0 Å². The Morgan fingerprint density at radius 1 is 1.35 bits per heavy atom. The molecular weight excluding hydrogens is 234 g/mol. The molecule has 0 saturated heterocycles. The maximum atomic E-state index is 10.1. The second-order valence-corrected chi connectivity index (χ2v) is 5.31. The van der Waals surface area contributed by atoms with Crippen LogP contribution >= 0.6 is 11.6 Å². The molecule has 90 valence electrons. The van der Waals surface area contributed by atoms with Crippen molar-refractivity contribution in [3.63, 3.8) is 0 Å². The van der Waals surface area contributed by atoms with Crippen molar-refractivity contribution in [2.75, 3.05) is 0 Å². The van der Waals surface area contributed by atoms with E-state index in [2.05, 4.69) is 25.8 Å². The van der Waals surface area contributed by atoms with Gasteiger partial charge in [0.15, 0.2) is 0 Å². The molecule has 1 heterocycles. The van der Waals surface area contributed by atoms with Gasteiger partial charge in [-0.05, 0) is 18.6 Å². The molecule has 2 nitrogen and oxygen atoms in total. The lowest BCUT2D eigenvalue weighted by atomic mass is 9.85. The molecule has 0 spiro atoms. The van der Waals surface area contributed by atoms with Crippen molar-refractivity contribution >= 4 is 22.5 Å². The summed E-state index contributed by atoms with van der Waals surface area (Å²) in [6, 6.07) is 7.31. The molecule has 0 bridgehead atoms. The van der Waals surface area contributed by atoms with Crippen LogP contribution in [0.3, 0.4) is 0 Å². The molecule has 0 unspecified atom stereocenters. The number of pyridine rings is 1. The lowest BCUT2D eigenvalue weighted by Crippen LogP contribution is -2.17. The van der Waals surface area contributed by atoms with Crippen molar-refractivity contribution in [1.29, 1.82) is 0 Å². The molecule has 2 aromatic rings. The molecule has 0 amide bonds. The zero-order valence-electron chi connectivity index (χ0n) is 10.3. The monoisotopic (exact) mass is 249 g/mol. The van der Waals surface area contributed by atoms with Gasteiger partial charge in [0.05, 0.1) is 16.2 Å². The number of para-hydroxylation sites is 1. The van der Waals surface area contributed by atoms with Crippen molar-refractivity contribution < 1.29 is 5.11 Å². The Kier molecular flexibility index (Phi) is 3.00. The molecular formula is C14H16ClNO. The van der Waals surface area contributed by atoms with E-state index >= 15 is 0 Å². The van der Waals surface area contributed by atoms with Crippen LogP contribution in [-0.4, -0.2) is 10.1 Å². The largest absolute Gasteiger partial charge is 0.506 e. The van der Waals surface area contributed by atoms with Crippen molar-refractivity contribution in [2.45, 2.75) is 32.6 Å². The molecule has 1 aromatic heterocycles. The number of halogens is 1. The highest BCUT2D eigenvalue weighted by molar-refractivity contribution is 6.35. The van der Waals surface area contributed by atoms with E-state index in [1.54, 1.807) is 6.07 Å². The third-order valence-electron chi connectivity index (χ3n) is 3.30. The summed E-state index contributed by atoms with van der Waals surface area (Å²) in [6.45, 7) is 6.22. The highest BCUT2D eigenvalue weighted by Crippen LogP contribution is 2.35. The standard InChI is InChI=1S/C14H16ClNO/c1-4-14(2,3)13-11(17)8-9-6-5-7-10(15)12(9)16-13/h5-8,17H,4H2,1-3H3. The van der Waals surface area contributed by atoms with Crippen LogP contribution in [0.15, 0.2) is 24.3 Å². The normalized spacial score (nSPS) is 12.0. The second-order valence-electron chi connectivity index (χ2n) is 4.91. The Morgan fingerprint density at radius 3 is 2.71 bits per heavy atom. The lowest BCUT2D eigenvalue weighted by Gasteiger charge is -2.23. The van der Waals surface area contributed by atoms with E-state index in [0.29, 0.717) is 10.7 Å². The number of rotatable bonds is 2. The SMILES string of the molecule is CCC(C)(C)c1nc2c(Cl)cccc2cc1O. The number of fused-ring (bicyclic) bond motifs is 1. The van der Waals surface area contributed by atoms with Gasteiger partial charge in [-0.2, -0.15) is 0 Å². The number of nitrogens with zero attached hydrogens (tertiary/aromatic N) is 1. The Morgan fingerprint density at radius 2 is 2.06 bits per heavy atom. The first kappa shape index (κ1) is 12.2. The summed E-state index contributed by atoms with van der Waals surface area (Å²) in [5.74, 6) is 0.242. The minimum Gasteiger partial charge on any atom is -0.506 e. The van der Waals surface area contributed by atoms with Gasteiger partial charge in [-0.3, -0.25) is 0 Å². The zero-order valence-corrected chi connectivity index (χ0v) is 11.0. The number of benzene rings is 1. The smallest absolute Gasteiger partial charge is 0.138 e. The molecule has 17 heavy (non-hydrogen) atoms. The van der Waals surface area contributed by atoms with Gasteiger partial charge < -0.3 is 5.11 Å². The molecule has 1 aromatic carbocycles. The highest BCUT2D eigenvalue weighted by Gasteiger charge is 2.24. The molecule has 3 heteroatoms. The summed E-state index contributed by atoms with van der Waals surface area (Å²) in [7, 11) is 0. The van der Waals surface area contributed by atoms with E-state index in [-0.39, 0.29) is 11.2 Å². The maximum absolute atomic E-state index is 10.1. The van der Waals surface area contributed by atoms with Crippen LogP contribution < -0.4 is 0 Å². The van der Waals surface area contributed by atoms with E-state index in [1.165, 1.54) is 0 Å². The molecule has 0 radical (unpaired) electrons. The average molecular weight is 250 g/mol. The summed E-state index contributed by atoms with van der Waals surface area (Å²) in [4.78, 5) is 4.53. The molecule has 0 atom stereocenters. The van der Waals surface area contributed by atoms with Gasteiger partial charge in [-0.25, -0.2) is 4.98 Å². The Bertz CT molecular complexity index is 563. The van der Waals surface area contributed by atoms with Crippen LogP contribution in [0.2, 0.25) is 5.02 Å². The van der Waals surface area contributed by atoms with Gasteiger partial charge in [0.1, 0.15) is 5.75 Å². The Labute approximate surface area is 106 Å². The fourth-order valence-electron chi connectivity index (χ4n) is 1.82. The summed E-state index contributed by atoms with van der Waals surface area (Å²) in [5.41, 5.74) is 1.31. The van der Waals surface area contributed by atoms with Crippen LogP contribution in [0.1, 0.15) is 32.9 Å². The fourth-order valence-corrected chi connectivity index (χ4v) is 2.04. The van der Waals surface area contributed by atoms with Crippen molar-refractivity contribution in [3.05, 3.63) is 35.0 Å². The highest BCUT2D eigenvalue weighted by atomic mass is 35.5. The molecule has 0 fully saturated rings. The van der Waals surface area contributed by atoms with Crippen LogP contribution in [-0.2, 0) is 5.41 Å². The number of hydrogen-bond donors (Lipinski definition) is 1. The number of aromatic hydroxyl groups is 1. The molecule has 0 aliphatic heterocycles. The number of hydrogen-bond acceptors (Lipinski definition) is 2. The molecule has 1 N–H and O–H groups in total. The van der Waals surface area contributed by atoms with Crippen LogP contribution in [0.4, 0.5) is 0 Å². The van der Waals surface area contributed by atoms with Crippen LogP contribution in [0, 0.1) is 0 Å². The minimum atomic E-state index is -0.155. The van der Waals surface area contributed by atoms with E-state index in [0.717, 1.165) is 17.3 Å². The number of aromatic nitrogens is 1. The molecule has 0 aliphatic carbocycles. The topological polar surface area (TPSA) is 33.1 Å². The van der Waals surface area contributed by atoms with Crippen molar-refractivity contribution in [3.8, 4) is 5.75 Å². The predicted octanol–water partition coefficient (Wildman–Crippen LogP) is 4.28. The quantitative estimate of drug-likeness (QED) is 0.862. The summed E-state index contributed by atoms with van der Waals surface area (Å²) < 4.78 is 0. The Balaban J connectivity index is 2.74. The van der Waals surface area contributed by atoms with Crippen molar-refractivity contribution in [1.82, 2.24) is 4.98 Å². The van der Waals surface area contributed by atoms with E-state index in [1.807, 2.05) is 18.2 Å². The fraction of sp³-hybridized carbons (Fsp3) is 0.357. The van der Waals surface area contributed by atoms with E-state index in [9.17, 15) is 5.11 Å². The zero-order chi connectivity index (χ0) is 12.6. The lowest BCUT2D eigenvalue weighted by molar-refractivity contribution is 0.419. The first-order valence-electron chi connectivity index (χ1n) is 5.74. The van der Waals surface area contributed by atoms with E-state index < -0.39 is 0 Å².